The number of hydrogen-bond donors (Lipinski definition) is 1. The normalized spacial score (nSPS) is 20.7. The Balaban J connectivity index is 2.49. The summed E-state index contributed by atoms with van der Waals surface area (Å²) in [5.74, 6) is 0.551. The second-order valence-electron chi connectivity index (χ2n) is 6.08. The molecule has 0 amide bonds. The molecule has 0 saturated heterocycles. The molecule has 0 aromatic carbocycles. The summed E-state index contributed by atoms with van der Waals surface area (Å²) >= 11 is 0. The SMILES string of the molecule is CCOC(=O)C(C)(N)CC(C)N(CC)CC1CCC1. The summed E-state index contributed by atoms with van der Waals surface area (Å²) in [5, 5.41) is 0. The van der Waals surface area contributed by atoms with Crippen LogP contribution in [0, 0.1) is 5.92 Å². The number of nitrogens with two attached hydrogens (primary N) is 1. The van der Waals surface area contributed by atoms with Crippen molar-refractivity contribution in [1.82, 2.24) is 4.90 Å². The minimum absolute atomic E-state index is 0.290. The van der Waals surface area contributed by atoms with Gasteiger partial charge < -0.3 is 15.4 Å². The van der Waals surface area contributed by atoms with E-state index in [1.54, 1.807) is 6.92 Å². The fourth-order valence-electron chi connectivity index (χ4n) is 2.75. The van der Waals surface area contributed by atoms with Crippen molar-refractivity contribution in [2.45, 2.75) is 65.0 Å². The van der Waals surface area contributed by atoms with Crippen LogP contribution in [-0.4, -0.2) is 42.1 Å². The Kier molecular flexibility index (Phi) is 6.27. The predicted molar refractivity (Wildman–Crippen MR) is 77.9 cm³/mol. The fourth-order valence-corrected chi connectivity index (χ4v) is 2.75. The average Bonchev–Trinajstić information content (AvgIpc) is 2.27. The van der Waals surface area contributed by atoms with Gasteiger partial charge in [-0.1, -0.05) is 13.3 Å². The average molecular weight is 270 g/mol. The smallest absolute Gasteiger partial charge is 0.325 e. The van der Waals surface area contributed by atoms with E-state index in [0.717, 1.165) is 19.0 Å². The standard InChI is InChI=1S/C15H30N2O2/c1-5-17(11-13-8-7-9-13)12(3)10-15(4,16)14(18)19-6-2/h12-13H,5-11,16H2,1-4H3. The van der Waals surface area contributed by atoms with E-state index in [1.165, 1.54) is 19.3 Å². The Morgan fingerprint density at radius 1 is 1.47 bits per heavy atom. The van der Waals surface area contributed by atoms with Gasteiger partial charge in [0.05, 0.1) is 6.61 Å². The van der Waals surface area contributed by atoms with Crippen molar-refractivity contribution in [2.75, 3.05) is 19.7 Å². The van der Waals surface area contributed by atoms with E-state index in [2.05, 4.69) is 18.7 Å². The Bertz CT molecular complexity index is 288. The van der Waals surface area contributed by atoms with E-state index < -0.39 is 5.54 Å². The van der Waals surface area contributed by atoms with Crippen LogP contribution in [0.15, 0.2) is 0 Å². The maximum Gasteiger partial charge on any atom is 0.325 e. The van der Waals surface area contributed by atoms with Crippen molar-refractivity contribution in [2.24, 2.45) is 11.7 Å². The first kappa shape index (κ1) is 16.4. The minimum Gasteiger partial charge on any atom is -0.465 e. The van der Waals surface area contributed by atoms with Crippen molar-refractivity contribution in [3.63, 3.8) is 0 Å². The molecule has 1 rings (SSSR count). The van der Waals surface area contributed by atoms with E-state index in [4.69, 9.17) is 10.5 Å². The van der Waals surface area contributed by atoms with Gasteiger partial charge in [-0.3, -0.25) is 4.79 Å². The molecule has 0 heterocycles. The molecule has 1 aliphatic carbocycles. The zero-order valence-electron chi connectivity index (χ0n) is 12.9. The number of nitrogens with zero attached hydrogens (tertiary/aromatic N) is 1. The second-order valence-corrected chi connectivity index (χ2v) is 6.08. The van der Waals surface area contributed by atoms with Gasteiger partial charge >= 0.3 is 5.97 Å². The molecular weight excluding hydrogens is 240 g/mol. The van der Waals surface area contributed by atoms with Gasteiger partial charge in [0.25, 0.3) is 0 Å². The summed E-state index contributed by atoms with van der Waals surface area (Å²) < 4.78 is 5.05. The number of hydrogen-bond acceptors (Lipinski definition) is 4. The molecular formula is C15H30N2O2. The summed E-state index contributed by atoms with van der Waals surface area (Å²) in [6.07, 6.45) is 4.71. The summed E-state index contributed by atoms with van der Waals surface area (Å²) in [6.45, 7) is 10.5. The number of rotatable bonds is 8. The molecule has 0 aromatic heterocycles. The molecule has 0 radical (unpaired) electrons. The van der Waals surface area contributed by atoms with Gasteiger partial charge in [-0.2, -0.15) is 0 Å². The monoisotopic (exact) mass is 270 g/mol. The topological polar surface area (TPSA) is 55.6 Å². The van der Waals surface area contributed by atoms with Crippen LogP contribution < -0.4 is 5.73 Å². The highest BCUT2D eigenvalue weighted by Crippen LogP contribution is 2.28. The third-order valence-electron chi connectivity index (χ3n) is 4.21. The predicted octanol–water partition coefficient (Wildman–Crippen LogP) is 2.17. The lowest BCUT2D eigenvalue weighted by molar-refractivity contribution is -0.149. The second kappa shape index (κ2) is 7.25. The van der Waals surface area contributed by atoms with Gasteiger partial charge in [0, 0.05) is 12.6 Å². The number of carbonyl (C=O) groups excluding carboxylic acids is 1. The van der Waals surface area contributed by atoms with Gasteiger partial charge in [-0.15, -0.1) is 0 Å². The van der Waals surface area contributed by atoms with Crippen LogP contribution in [0.4, 0.5) is 0 Å². The molecule has 4 heteroatoms. The largest absolute Gasteiger partial charge is 0.465 e. The first-order chi connectivity index (χ1) is 8.90. The summed E-state index contributed by atoms with van der Waals surface area (Å²) in [6, 6.07) is 0.310. The fraction of sp³-hybridized carbons (Fsp3) is 0.933. The van der Waals surface area contributed by atoms with E-state index in [1.807, 2.05) is 6.92 Å². The minimum atomic E-state index is -0.886. The zero-order chi connectivity index (χ0) is 14.5. The van der Waals surface area contributed by atoms with Crippen molar-refractivity contribution in [3.05, 3.63) is 0 Å². The maximum atomic E-state index is 11.8. The van der Waals surface area contributed by atoms with Gasteiger partial charge in [0.2, 0.25) is 0 Å². The molecule has 2 unspecified atom stereocenters. The van der Waals surface area contributed by atoms with Gasteiger partial charge in [0.1, 0.15) is 5.54 Å². The number of carbonyl (C=O) groups is 1. The van der Waals surface area contributed by atoms with Crippen molar-refractivity contribution >= 4 is 5.97 Å². The van der Waals surface area contributed by atoms with Crippen LogP contribution in [0.1, 0.15) is 53.4 Å². The van der Waals surface area contributed by atoms with Crippen LogP contribution >= 0.6 is 0 Å². The lowest BCUT2D eigenvalue weighted by Gasteiger charge is -2.37. The Labute approximate surface area is 117 Å². The van der Waals surface area contributed by atoms with Crippen LogP contribution in [0.2, 0.25) is 0 Å². The highest BCUT2D eigenvalue weighted by atomic mass is 16.5. The third-order valence-corrected chi connectivity index (χ3v) is 4.21. The molecule has 2 N–H and O–H groups in total. The van der Waals surface area contributed by atoms with E-state index >= 15 is 0 Å². The van der Waals surface area contributed by atoms with E-state index in [0.29, 0.717) is 19.1 Å². The number of esters is 1. The molecule has 0 spiro atoms. The molecule has 19 heavy (non-hydrogen) atoms. The molecule has 4 nitrogen and oxygen atoms in total. The van der Waals surface area contributed by atoms with Crippen molar-refractivity contribution in [1.29, 1.82) is 0 Å². The molecule has 0 aromatic rings. The molecule has 0 bridgehead atoms. The molecule has 1 fully saturated rings. The Morgan fingerprint density at radius 3 is 2.53 bits per heavy atom. The highest BCUT2D eigenvalue weighted by Gasteiger charge is 2.34. The van der Waals surface area contributed by atoms with Gasteiger partial charge in [-0.25, -0.2) is 0 Å². The first-order valence-electron chi connectivity index (χ1n) is 7.60. The van der Waals surface area contributed by atoms with E-state index in [9.17, 15) is 4.79 Å². The molecule has 1 aliphatic rings. The van der Waals surface area contributed by atoms with E-state index in [-0.39, 0.29) is 5.97 Å². The van der Waals surface area contributed by atoms with Crippen LogP contribution in [0.3, 0.4) is 0 Å². The molecule has 2 atom stereocenters. The molecule has 112 valence electrons. The molecule has 1 saturated carbocycles. The summed E-state index contributed by atoms with van der Waals surface area (Å²) in [5.41, 5.74) is 5.23. The summed E-state index contributed by atoms with van der Waals surface area (Å²) in [7, 11) is 0. The quantitative estimate of drug-likeness (QED) is 0.687. The third kappa shape index (κ3) is 4.77. The summed E-state index contributed by atoms with van der Waals surface area (Å²) in [4.78, 5) is 14.3. The van der Waals surface area contributed by atoms with Crippen LogP contribution in [-0.2, 0) is 9.53 Å². The lowest BCUT2D eigenvalue weighted by Crippen LogP contribution is -2.51. The maximum absolute atomic E-state index is 11.8. The van der Waals surface area contributed by atoms with Crippen molar-refractivity contribution in [3.8, 4) is 0 Å². The van der Waals surface area contributed by atoms with Crippen molar-refractivity contribution < 1.29 is 9.53 Å². The highest BCUT2D eigenvalue weighted by molar-refractivity contribution is 5.80. The zero-order valence-corrected chi connectivity index (χ0v) is 12.9. The van der Waals surface area contributed by atoms with Gasteiger partial charge in [-0.05, 0) is 52.5 Å². The van der Waals surface area contributed by atoms with Crippen LogP contribution in [0.5, 0.6) is 0 Å². The van der Waals surface area contributed by atoms with Crippen LogP contribution in [0.25, 0.3) is 0 Å². The first-order valence-corrected chi connectivity index (χ1v) is 7.60. The lowest BCUT2D eigenvalue weighted by atomic mass is 9.84. The Hall–Kier alpha value is -0.610. The van der Waals surface area contributed by atoms with Gasteiger partial charge in [0.15, 0.2) is 0 Å². The molecule has 0 aliphatic heterocycles. The number of ether oxygens (including phenoxy) is 1. The Morgan fingerprint density at radius 2 is 2.11 bits per heavy atom.